The van der Waals surface area contributed by atoms with Gasteiger partial charge in [0.15, 0.2) is 0 Å². The van der Waals surface area contributed by atoms with Crippen LogP contribution in [0.5, 0.6) is 0 Å². The molecule has 0 spiro atoms. The number of nitrogens with zero attached hydrogens (tertiary/aromatic N) is 1. The van der Waals surface area contributed by atoms with E-state index in [4.69, 9.17) is 4.74 Å². The predicted octanol–water partition coefficient (Wildman–Crippen LogP) is 2.11. The van der Waals surface area contributed by atoms with E-state index in [1.807, 2.05) is 0 Å². The van der Waals surface area contributed by atoms with E-state index in [0.29, 0.717) is 0 Å². The van der Waals surface area contributed by atoms with Gasteiger partial charge in [-0.15, -0.1) is 0 Å². The zero-order valence-electron chi connectivity index (χ0n) is 10.5. The molecule has 0 aromatic heterocycles. The lowest BCUT2D eigenvalue weighted by Gasteiger charge is -2.37. The van der Waals surface area contributed by atoms with Gasteiger partial charge >= 0.3 is 5.97 Å². The molecule has 96 valence electrons. The highest BCUT2D eigenvalue weighted by atomic mass is 16.6. The number of aliphatic imine (C=N–C) groups is 1. The predicted molar refractivity (Wildman–Crippen MR) is 61.3 cm³/mol. The van der Waals surface area contributed by atoms with E-state index in [1.54, 1.807) is 20.8 Å². The summed E-state index contributed by atoms with van der Waals surface area (Å²) >= 11 is 0. The Morgan fingerprint density at radius 2 is 1.88 bits per heavy atom. The normalized spacial score (nSPS) is 20.6. The third kappa shape index (κ3) is 2.73. The summed E-state index contributed by atoms with van der Waals surface area (Å²) in [4.78, 5) is 25.4. The van der Waals surface area contributed by atoms with Gasteiger partial charge in [-0.1, -0.05) is 33.6 Å². The van der Waals surface area contributed by atoms with Gasteiger partial charge in [0, 0.05) is 5.41 Å². The maximum absolute atomic E-state index is 11.4. The van der Waals surface area contributed by atoms with Crippen molar-refractivity contribution in [3.63, 3.8) is 0 Å². The molecule has 0 aromatic carbocycles. The summed E-state index contributed by atoms with van der Waals surface area (Å²) in [6.45, 7) is 5.07. The van der Waals surface area contributed by atoms with E-state index in [-0.39, 0.29) is 6.10 Å². The van der Waals surface area contributed by atoms with Crippen molar-refractivity contribution in [1.29, 1.82) is 0 Å². The topological polar surface area (TPSA) is 76.0 Å². The lowest BCUT2D eigenvalue weighted by atomic mass is 9.83. The molecule has 0 amide bonds. The summed E-state index contributed by atoms with van der Waals surface area (Å²) < 4.78 is 5.64. The summed E-state index contributed by atoms with van der Waals surface area (Å²) in [6, 6.07) is 0. The third-order valence-corrected chi connectivity index (χ3v) is 3.15. The van der Waals surface area contributed by atoms with E-state index in [0.717, 1.165) is 25.7 Å². The fourth-order valence-electron chi connectivity index (χ4n) is 2.10. The third-order valence-electron chi connectivity index (χ3n) is 3.15. The molecular formula is C12H19NO4. The second-order valence-electron chi connectivity index (χ2n) is 5.43. The van der Waals surface area contributed by atoms with Crippen LogP contribution >= 0.6 is 0 Å². The molecule has 1 N–H and O–H groups in total. The first-order valence-corrected chi connectivity index (χ1v) is 5.84. The summed E-state index contributed by atoms with van der Waals surface area (Å²) in [5, 5.41) is 9.35. The van der Waals surface area contributed by atoms with E-state index >= 15 is 0 Å². The monoisotopic (exact) mass is 241 g/mol. The number of carbonyl (C=O) groups is 1. The number of aliphatic carboxylic acids is 1. The van der Waals surface area contributed by atoms with Crippen molar-refractivity contribution < 1.29 is 19.4 Å². The Morgan fingerprint density at radius 3 is 2.24 bits per heavy atom. The number of ether oxygens (including phenoxy) is 1. The Morgan fingerprint density at radius 1 is 1.35 bits per heavy atom. The molecule has 17 heavy (non-hydrogen) atoms. The first-order chi connectivity index (χ1) is 7.83. The highest BCUT2D eigenvalue weighted by molar-refractivity contribution is 5.79. The first-order valence-electron chi connectivity index (χ1n) is 5.84. The fraction of sp³-hybridized carbons (Fsp3) is 0.833. The van der Waals surface area contributed by atoms with Crippen LogP contribution in [-0.2, 0) is 14.3 Å². The van der Waals surface area contributed by atoms with Crippen LogP contribution in [0.2, 0.25) is 0 Å². The number of hydrogen-bond acceptors (Lipinski definition) is 4. The standard InChI is InChI=1S/C12H19NO4/c1-11(2,3)12(10(15)16,13-8-14)17-9-6-4-5-7-9/h9H,4-7H2,1-3H3,(H,15,16). The Balaban J connectivity index is 3.05. The summed E-state index contributed by atoms with van der Waals surface area (Å²) in [5.41, 5.74) is -2.64. The van der Waals surface area contributed by atoms with Gasteiger partial charge in [-0.3, -0.25) is 0 Å². The molecule has 5 nitrogen and oxygen atoms in total. The van der Waals surface area contributed by atoms with Crippen LogP contribution in [0.15, 0.2) is 4.99 Å². The van der Waals surface area contributed by atoms with Crippen LogP contribution in [0, 0.1) is 5.41 Å². The average Bonchev–Trinajstić information content (AvgIpc) is 2.67. The molecule has 5 heteroatoms. The molecule has 1 unspecified atom stereocenters. The molecule has 1 aliphatic rings. The van der Waals surface area contributed by atoms with Gasteiger partial charge in [0.2, 0.25) is 6.08 Å². The number of hydrogen-bond donors (Lipinski definition) is 1. The highest BCUT2D eigenvalue weighted by Crippen LogP contribution is 2.39. The summed E-state index contributed by atoms with van der Waals surface area (Å²) in [7, 11) is 0. The minimum atomic E-state index is -1.83. The van der Waals surface area contributed by atoms with Crippen molar-refractivity contribution in [1.82, 2.24) is 0 Å². The van der Waals surface area contributed by atoms with Crippen molar-refractivity contribution in [2.24, 2.45) is 10.4 Å². The SMILES string of the molecule is CC(C)(C)C(N=C=O)(OC1CCCC1)C(=O)O. The van der Waals surface area contributed by atoms with Gasteiger partial charge in [-0.2, -0.15) is 4.99 Å². The number of rotatable bonds is 4. The Labute approximate surface area is 101 Å². The van der Waals surface area contributed by atoms with Crippen LogP contribution < -0.4 is 0 Å². The minimum Gasteiger partial charge on any atom is -0.478 e. The molecule has 1 aliphatic carbocycles. The van der Waals surface area contributed by atoms with Gasteiger partial charge < -0.3 is 9.84 Å². The second-order valence-corrected chi connectivity index (χ2v) is 5.43. The minimum absolute atomic E-state index is 0.137. The van der Waals surface area contributed by atoms with Crippen LogP contribution in [0.25, 0.3) is 0 Å². The number of carboxylic acid groups (broad SMARTS) is 1. The molecule has 0 bridgehead atoms. The van der Waals surface area contributed by atoms with Gasteiger partial charge in [-0.25, -0.2) is 9.59 Å². The lowest BCUT2D eigenvalue weighted by molar-refractivity contribution is -0.192. The fourth-order valence-corrected chi connectivity index (χ4v) is 2.10. The lowest BCUT2D eigenvalue weighted by Crippen LogP contribution is -2.52. The Bertz CT molecular complexity index is 331. The van der Waals surface area contributed by atoms with Gasteiger partial charge in [0.05, 0.1) is 6.10 Å². The molecule has 1 rings (SSSR count). The maximum atomic E-state index is 11.4. The zero-order chi connectivity index (χ0) is 13.1. The molecule has 0 aliphatic heterocycles. The van der Waals surface area contributed by atoms with E-state index in [2.05, 4.69) is 4.99 Å². The van der Waals surface area contributed by atoms with E-state index in [9.17, 15) is 14.7 Å². The molecule has 1 fully saturated rings. The Kier molecular flexibility index (Phi) is 4.07. The van der Waals surface area contributed by atoms with Crippen molar-refractivity contribution >= 4 is 12.0 Å². The smallest absolute Gasteiger partial charge is 0.360 e. The molecular weight excluding hydrogens is 222 g/mol. The average molecular weight is 241 g/mol. The molecule has 1 saturated carbocycles. The van der Waals surface area contributed by atoms with Crippen molar-refractivity contribution in [2.45, 2.75) is 58.3 Å². The summed E-state index contributed by atoms with van der Waals surface area (Å²) in [6.07, 6.45) is 4.89. The molecule has 1 atom stereocenters. The second kappa shape index (κ2) is 4.98. The number of carbonyl (C=O) groups excluding carboxylic acids is 1. The van der Waals surface area contributed by atoms with Crippen LogP contribution in [0.3, 0.4) is 0 Å². The molecule has 0 radical (unpaired) electrons. The first kappa shape index (κ1) is 13.9. The van der Waals surface area contributed by atoms with Crippen molar-refractivity contribution in [2.75, 3.05) is 0 Å². The molecule has 0 aromatic rings. The van der Waals surface area contributed by atoms with E-state index in [1.165, 1.54) is 6.08 Å². The van der Waals surface area contributed by atoms with Crippen LogP contribution in [0.1, 0.15) is 46.5 Å². The van der Waals surface area contributed by atoms with Crippen LogP contribution in [-0.4, -0.2) is 29.0 Å². The van der Waals surface area contributed by atoms with E-state index < -0.39 is 17.1 Å². The van der Waals surface area contributed by atoms with Gasteiger partial charge in [0.25, 0.3) is 5.72 Å². The quantitative estimate of drug-likeness (QED) is 0.604. The summed E-state index contributed by atoms with van der Waals surface area (Å²) in [5.74, 6) is -1.24. The van der Waals surface area contributed by atoms with Crippen molar-refractivity contribution in [3.8, 4) is 0 Å². The highest BCUT2D eigenvalue weighted by Gasteiger charge is 2.52. The molecule has 0 heterocycles. The zero-order valence-corrected chi connectivity index (χ0v) is 10.5. The van der Waals surface area contributed by atoms with Crippen LogP contribution in [0.4, 0.5) is 0 Å². The Hall–Kier alpha value is -1.19. The number of isocyanates is 1. The maximum Gasteiger partial charge on any atom is 0.360 e. The van der Waals surface area contributed by atoms with Gasteiger partial charge in [-0.05, 0) is 12.8 Å². The van der Waals surface area contributed by atoms with Gasteiger partial charge in [0.1, 0.15) is 0 Å². The molecule has 0 saturated heterocycles. The van der Waals surface area contributed by atoms with Crippen molar-refractivity contribution in [3.05, 3.63) is 0 Å². The number of carboxylic acids is 1. The largest absolute Gasteiger partial charge is 0.478 e.